The fourth-order valence-electron chi connectivity index (χ4n) is 5.27. The highest BCUT2D eigenvalue weighted by molar-refractivity contribution is 5.76. The smallest absolute Gasteiger partial charge is 0.303 e. The number of hydrogen-bond donors (Lipinski definition) is 2. The minimum absolute atomic E-state index is 0.133. The number of piperidine rings is 1. The second-order valence-corrected chi connectivity index (χ2v) is 9.75. The van der Waals surface area contributed by atoms with Crippen LogP contribution in [0.5, 0.6) is 0 Å². The molecule has 0 spiro atoms. The van der Waals surface area contributed by atoms with Gasteiger partial charge in [0.25, 0.3) is 0 Å². The molecule has 2 aromatic rings. The Balaban J connectivity index is 1.24. The maximum Gasteiger partial charge on any atom is 0.303 e. The van der Waals surface area contributed by atoms with Crippen LogP contribution in [0.15, 0.2) is 30.3 Å². The van der Waals surface area contributed by atoms with Gasteiger partial charge in [-0.05, 0) is 86.1 Å². The quantitative estimate of drug-likeness (QED) is 0.526. The van der Waals surface area contributed by atoms with Gasteiger partial charge in [0.2, 0.25) is 5.91 Å². The summed E-state index contributed by atoms with van der Waals surface area (Å²) < 4.78 is 27.4. The average Bonchev–Trinajstić information content (AvgIpc) is 2.83. The molecule has 2 aliphatic rings. The van der Waals surface area contributed by atoms with Crippen molar-refractivity contribution in [1.29, 1.82) is 0 Å². The zero-order valence-electron chi connectivity index (χ0n) is 19.9. The van der Waals surface area contributed by atoms with E-state index in [1.807, 2.05) is 4.90 Å². The number of carboxylic acid groups (broad SMARTS) is 1. The fraction of sp³-hybridized carbons (Fsp3) is 0.519. The van der Waals surface area contributed by atoms with Crippen molar-refractivity contribution in [3.63, 3.8) is 0 Å². The lowest BCUT2D eigenvalue weighted by Gasteiger charge is -2.33. The molecule has 3 heterocycles. The monoisotopic (exact) mass is 485 g/mol. The number of benzene rings is 1. The van der Waals surface area contributed by atoms with Gasteiger partial charge in [0.15, 0.2) is 0 Å². The zero-order valence-corrected chi connectivity index (χ0v) is 19.9. The predicted octanol–water partition coefficient (Wildman–Crippen LogP) is 4.93. The number of amides is 1. The Kier molecular flexibility index (Phi) is 8.31. The maximum absolute atomic E-state index is 13.7. The number of halogens is 2. The number of aromatic nitrogens is 1. The molecule has 35 heavy (non-hydrogen) atoms. The minimum atomic E-state index is -0.989. The average molecular weight is 486 g/mol. The van der Waals surface area contributed by atoms with Gasteiger partial charge in [0.05, 0.1) is 6.42 Å². The Bertz CT molecular complexity index is 1030. The number of hydrogen-bond acceptors (Lipinski definition) is 4. The summed E-state index contributed by atoms with van der Waals surface area (Å²) in [5, 5.41) is 12.6. The van der Waals surface area contributed by atoms with Crippen molar-refractivity contribution >= 4 is 17.7 Å². The number of anilines is 1. The number of carbonyl (C=O) groups is 2. The second-order valence-electron chi connectivity index (χ2n) is 9.75. The lowest BCUT2D eigenvalue weighted by Crippen LogP contribution is -2.38. The lowest BCUT2D eigenvalue weighted by atomic mass is 9.82. The number of likely N-dealkylation sites (tertiary alicyclic amines) is 1. The predicted molar refractivity (Wildman–Crippen MR) is 129 cm³/mol. The van der Waals surface area contributed by atoms with Crippen LogP contribution in [-0.2, 0) is 22.4 Å². The normalized spacial score (nSPS) is 16.9. The third-order valence-corrected chi connectivity index (χ3v) is 7.14. The topological polar surface area (TPSA) is 82.5 Å². The van der Waals surface area contributed by atoms with Gasteiger partial charge in [-0.2, -0.15) is 0 Å². The highest BCUT2D eigenvalue weighted by Gasteiger charge is 2.27. The zero-order chi connectivity index (χ0) is 24.8. The molecule has 0 bridgehead atoms. The van der Waals surface area contributed by atoms with E-state index in [0.29, 0.717) is 31.5 Å². The summed E-state index contributed by atoms with van der Waals surface area (Å²) in [5.41, 5.74) is 2.64. The Morgan fingerprint density at radius 3 is 2.60 bits per heavy atom. The van der Waals surface area contributed by atoms with Crippen molar-refractivity contribution in [2.75, 3.05) is 25.0 Å². The summed E-state index contributed by atoms with van der Waals surface area (Å²) in [5.74, 6) is -1.52. The summed E-state index contributed by atoms with van der Waals surface area (Å²) in [6.45, 7) is 2.21. The van der Waals surface area contributed by atoms with Crippen molar-refractivity contribution in [1.82, 2.24) is 9.88 Å². The number of rotatable bonds is 9. The van der Waals surface area contributed by atoms with E-state index >= 15 is 0 Å². The van der Waals surface area contributed by atoms with Crippen LogP contribution in [0.1, 0.15) is 67.7 Å². The van der Waals surface area contributed by atoms with Crippen LogP contribution in [0.4, 0.5) is 14.6 Å². The largest absolute Gasteiger partial charge is 0.481 e. The first-order valence-corrected chi connectivity index (χ1v) is 12.6. The standard InChI is InChI=1S/C27H33F2N3O3/c28-22-14-21(15-23(29)17-22)20(16-26(34)35)13-18-8-11-32(12-9-18)25(33)5-1-4-24-7-6-19-3-2-10-30-27(19)31-24/h6-7,14-15,17-18,20H,1-5,8-13,16H2,(H,30,31)(H,34,35). The summed E-state index contributed by atoms with van der Waals surface area (Å²) in [6, 6.07) is 7.43. The number of aryl methyl sites for hydroxylation is 2. The van der Waals surface area contributed by atoms with Crippen molar-refractivity contribution < 1.29 is 23.5 Å². The number of nitrogens with one attached hydrogen (secondary N) is 1. The molecule has 6 nitrogen and oxygen atoms in total. The molecule has 0 saturated carbocycles. The molecular formula is C27H33F2N3O3. The van der Waals surface area contributed by atoms with Gasteiger partial charge >= 0.3 is 5.97 Å². The molecule has 1 amide bonds. The summed E-state index contributed by atoms with van der Waals surface area (Å²) in [7, 11) is 0. The molecule has 1 unspecified atom stereocenters. The van der Waals surface area contributed by atoms with E-state index in [4.69, 9.17) is 4.98 Å². The van der Waals surface area contributed by atoms with Gasteiger partial charge in [-0.1, -0.05) is 6.07 Å². The third kappa shape index (κ3) is 6.99. The molecule has 2 N–H and O–H groups in total. The number of nitrogens with zero attached hydrogens (tertiary/aromatic N) is 2. The first kappa shape index (κ1) is 25.1. The van der Waals surface area contributed by atoms with Crippen LogP contribution in [0.3, 0.4) is 0 Å². The molecule has 1 aromatic heterocycles. The van der Waals surface area contributed by atoms with E-state index in [2.05, 4.69) is 17.4 Å². The van der Waals surface area contributed by atoms with Gasteiger partial charge in [-0.15, -0.1) is 0 Å². The first-order chi connectivity index (χ1) is 16.9. The summed E-state index contributed by atoms with van der Waals surface area (Å²) >= 11 is 0. The van der Waals surface area contributed by atoms with Crippen LogP contribution in [0, 0.1) is 17.6 Å². The number of carbonyl (C=O) groups excluding carboxylic acids is 1. The highest BCUT2D eigenvalue weighted by atomic mass is 19.1. The molecule has 1 atom stereocenters. The van der Waals surface area contributed by atoms with Gasteiger partial charge in [-0.25, -0.2) is 13.8 Å². The fourth-order valence-corrected chi connectivity index (χ4v) is 5.27. The van der Waals surface area contributed by atoms with E-state index in [0.717, 1.165) is 62.6 Å². The summed E-state index contributed by atoms with van der Waals surface area (Å²) in [4.78, 5) is 30.7. The molecule has 4 rings (SSSR count). The molecule has 8 heteroatoms. The van der Waals surface area contributed by atoms with Crippen molar-refractivity contribution in [2.45, 2.75) is 63.7 Å². The Morgan fingerprint density at radius 2 is 1.89 bits per heavy atom. The van der Waals surface area contributed by atoms with E-state index < -0.39 is 23.5 Å². The van der Waals surface area contributed by atoms with Crippen LogP contribution in [-0.4, -0.2) is 46.5 Å². The molecule has 188 valence electrons. The lowest BCUT2D eigenvalue weighted by molar-refractivity contribution is -0.137. The van der Waals surface area contributed by atoms with E-state index in [9.17, 15) is 23.5 Å². The third-order valence-electron chi connectivity index (χ3n) is 7.14. The minimum Gasteiger partial charge on any atom is -0.481 e. The molecule has 1 aromatic carbocycles. The second kappa shape index (κ2) is 11.6. The Hall–Kier alpha value is -3.03. The molecule has 1 fully saturated rings. The number of fused-ring (bicyclic) bond motifs is 1. The molecule has 0 aliphatic carbocycles. The SMILES string of the molecule is O=C(O)CC(CC1CCN(C(=O)CCCc2ccc3c(n2)NCCC3)CC1)c1cc(F)cc(F)c1. The van der Waals surface area contributed by atoms with Crippen LogP contribution in [0.2, 0.25) is 0 Å². The van der Waals surface area contributed by atoms with E-state index in [1.165, 1.54) is 17.7 Å². The number of carboxylic acids is 1. The van der Waals surface area contributed by atoms with Crippen LogP contribution >= 0.6 is 0 Å². The maximum atomic E-state index is 13.7. The van der Waals surface area contributed by atoms with Crippen LogP contribution in [0.25, 0.3) is 0 Å². The summed E-state index contributed by atoms with van der Waals surface area (Å²) in [6.07, 6.45) is 6.05. The Labute approximate surface area is 204 Å². The number of pyridine rings is 1. The highest BCUT2D eigenvalue weighted by Crippen LogP contribution is 2.33. The molecular weight excluding hydrogens is 452 g/mol. The van der Waals surface area contributed by atoms with Gasteiger partial charge < -0.3 is 15.3 Å². The van der Waals surface area contributed by atoms with Gasteiger partial charge in [-0.3, -0.25) is 9.59 Å². The van der Waals surface area contributed by atoms with Gasteiger partial charge in [0, 0.05) is 37.8 Å². The molecule has 0 radical (unpaired) electrons. The molecule has 1 saturated heterocycles. The Morgan fingerprint density at radius 1 is 1.14 bits per heavy atom. The van der Waals surface area contributed by atoms with E-state index in [-0.39, 0.29) is 18.2 Å². The van der Waals surface area contributed by atoms with Crippen LogP contribution < -0.4 is 5.32 Å². The molecule has 2 aliphatic heterocycles. The number of aliphatic carboxylic acids is 1. The van der Waals surface area contributed by atoms with E-state index in [1.54, 1.807) is 0 Å². The van der Waals surface area contributed by atoms with Crippen molar-refractivity contribution in [3.8, 4) is 0 Å². The first-order valence-electron chi connectivity index (χ1n) is 12.6. The van der Waals surface area contributed by atoms with Crippen molar-refractivity contribution in [2.24, 2.45) is 5.92 Å². The van der Waals surface area contributed by atoms with Crippen molar-refractivity contribution in [3.05, 3.63) is 58.8 Å². The van der Waals surface area contributed by atoms with Gasteiger partial charge in [0.1, 0.15) is 17.5 Å².